The minimum atomic E-state index is -0.312. The third-order valence-electron chi connectivity index (χ3n) is 3.83. The van der Waals surface area contributed by atoms with Crippen LogP contribution in [0.15, 0.2) is 16.6 Å². The number of fused-ring (bicyclic) bond motifs is 1. The Morgan fingerprint density at radius 1 is 1.60 bits per heavy atom. The molecular formula is C14H15BrClFN2O. The van der Waals surface area contributed by atoms with Gasteiger partial charge in [0, 0.05) is 12.7 Å². The summed E-state index contributed by atoms with van der Waals surface area (Å²) in [6.45, 7) is 2.90. The van der Waals surface area contributed by atoms with Crippen LogP contribution in [0.4, 0.5) is 4.39 Å². The summed E-state index contributed by atoms with van der Waals surface area (Å²) in [6, 6.07) is 3.33. The fourth-order valence-corrected chi connectivity index (χ4v) is 3.36. The normalized spacial score (nSPS) is 20.7. The summed E-state index contributed by atoms with van der Waals surface area (Å²) < 4.78 is 21.9. The van der Waals surface area contributed by atoms with Crippen molar-refractivity contribution in [2.75, 3.05) is 6.61 Å². The fourth-order valence-electron chi connectivity index (χ4n) is 2.84. The number of halogens is 3. The van der Waals surface area contributed by atoms with Gasteiger partial charge in [-0.3, -0.25) is 0 Å². The summed E-state index contributed by atoms with van der Waals surface area (Å²) >= 11 is 9.24. The summed E-state index contributed by atoms with van der Waals surface area (Å²) in [7, 11) is 0. The molecule has 0 aliphatic carbocycles. The molecule has 1 aliphatic heterocycles. The van der Waals surface area contributed by atoms with Gasteiger partial charge in [0.15, 0.2) is 0 Å². The van der Waals surface area contributed by atoms with Gasteiger partial charge in [0.2, 0.25) is 0 Å². The molecule has 1 aliphatic rings. The molecule has 1 aromatic carbocycles. The van der Waals surface area contributed by atoms with Crippen LogP contribution in [0.1, 0.15) is 31.6 Å². The highest BCUT2D eigenvalue weighted by Crippen LogP contribution is 2.31. The molecule has 20 heavy (non-hydrogen) atoms. The van der Waals surface area contributed by atoms with E-state index in [9.17, 15) is 4.39 Å². The molecule has 1 fully saturated rings. The molecule has 1 saturated heterocycles. The fraction of sp³-hybridized carbons (Fsp3) is 0.500. The van der Waals surface area contributed by atoms with Crippen molar-refractivity contribution < 1.29 is 9.13 Å². The molecule has 0 spiro atoms. The maximum atomic E-state index is 13.6. The van der Waals surface area contributed by atoms with E-state index in [-0.39, 0.29) is 18.0 Å². The molecule has 1 aromatic heterocycles. The Bertz CT molecular complexity index is 640. The van der Waals surface area contributed by atoms with Gasteiger partial charge < -0.3 is 9.30 Å². The van der Waals surface area contributed by atoms with Crippen LogP contribution in [0.25, 0.3) is 11.0 Å². The largest absolute Gasteiger partial charge is 0.376 e. The molecule has 0 N–H and O–H groups in total. The van der Waals surface area contributed by atoms with Gasteiger partial charge in [-0.2, -0.15) is 0 Å². The standard InChI is InChI=1S/C14H15BrClFN2O/c1-8(13-3-2-4-20-13)19-12-5-9(15)10(17)6-11(12)18-14(19)7-16/h5-6,8,13H,2-4,7H2,1H3. The molecule has 2 aromatic rings. The van der Waals surface area contributed by atoms with E-state index >= 15 is 0 Å². The van der Waals surface area contributed by atoms with Crippen molar-refractivity contribution in [2.45, 2.75) is 37.8 Å². The lowest BCUT2D eigenvalue weighted by Crippen LogP contribution is -2.22. The number of rotatable bonds is 3. The van der Waals surface area contributed by atoms with Gasteiger partial charge in [-0.15, -0.1) is 11.6 Å². The van der Waals surface area contributed by atoms with Crippen LogP contribution in [0, 0.1) is 5.82 Å². The summed E-state index contributed by atoms with van der Waals surface area (Å²) in [5, 5.41) is 0. The number of hydrogen-bond acceptors (Lipinski definition) is 2. The SMILES string of the molecule is CC(C1CCCO1)n1c(CCl)nc2cc(F)c(Br)cc21. The number of nitrogens with zero attached hydrogens (tertiary/aromatic N) is 2. The number of alkyl halides is 1. The highest BCUT2D eigenvalue weighted by Gasteiger charge is 2.27. The molecule has 0 amide bonds. The maximum Gasteiger partial charge on any atom is 0.139 e. The van der Waals surface area contributed by atoms with E-state index < -0.39 is 0 Å². The van der Waals surface area contributed by atoms with E-state index in [0.29, 0.717) is 15.9 Å². The molecule has 0 radical (unpaired) electrons. The highest BCUT2D eigenvalue weighted by atomic mass is 79.9. The maximum absolute atomic E-state index is 13.6. The highest BCUT2D eigenvalue weighted by molar-refractivity contribution is 9.10. The Kier molecular flexibility index (Phi) is 4.02. The Hall–Kier alpha value is -0.650. The molecule has 3 rings (SSSR count). The van der Waals surface area contributed by atoms with Crippen LogP contribution in [-0.2, 0) is 10.6 Å². The zero-order valence-electron chi connectivity index (χ0n) is 11.1. The number of benzene rings is 1. The van der Waals surface area contributed by atoms with Crippen LogP contribution in [0.5, 0.6) is 0 Å². The molecular weight excluding hydrogens is 347 g/mol. The van der Waals surface area contributed by atoms with E-state index in [1.165, 1.54) is 6.07 Å². The molecule has 3 nitrogen and oxygen atoms in total. The predicted octanol–water partition coefficient (Wildman–Crippen LogP) is 4.42. The lowest BCUT2D eigenvalue weighted by atomic mass is 10.1. The third-order valence-corrected chi connectivity index (χ3v) is 4.68. The molecule has 108 valence electrons. The van der Waals surface area contributed by atoms with Crippen LogP contribution in [0.3, 0.4) is 0 Å². The first-order valence-electron chi connectivity index (χ1n) is 6.65. The summed E-state index contributed by atoms with van der Waals surface area (Å²) in [5.41, 5.74) is 1.52. The monoisotopic (exact) mass is 360 g/mol. The van der Waals surface area contributed by atoms with Crippen LogP contribution < -0.4 is 0 Å². The number of imidazole rings is 1. The average Bonchev–Trinajstić information content (AvgIpc) is 3.06. The van der Waals surface area contributed by atoms with Crippen molar-refractivity contribution in [3.05, 3.63) is 28.2 Å². The van der Waals surface area contributed by atoms with Gasteiger partial charge in [-0.25, -0.2) is 9.37 Å². The lowest BCUT2D eigenvalue weighted by molar-refractivity contribution is 0.0738. The summed E-state index contributed by atoms with van der Waals surface area (Å²) in [4.78, 5) is 4.44. The van der Waals surface area contributed by atoms with Gasteiger partial charge >= 0.3 is 0 Å². The van der Waals surface area contributed by atoms with Crippen molar-refractivity contribution in [2.24, 2.45) is 0 Å². The molecule has 0 bridgehead atoms. The van der Waals surface area contributed by atoms with Gasteiger partial charge in [0.1, 0.15) is 11.6 Å². The predicted molar refractivity (Wildman–Crippen MR) is 80.6 cm³/mol. The molecule has 2 atom stereocenters. The van der Waals surface area contributed by atoms with E-state index in [4.69, 9.17) is 16.3 Å². The number of ether oxygens (including phenoxy) is 1. The first kappa shape index (κ1) is 14.3. The Morgan fingerprint density at radius 3 is 3.05 bits per heavy atom. The molecule has 2 heterocycles. The number of hydrogen-bond donors (Lipinski definition) is 0. The van der Waals surface area contributed by atoms with E-state index in [2.05, 4.69) is 32.4 Å². The van der Waals surface area contributed by atoms with Crippen LogP contribution >= 0.6 is 27.5 Å². The van der Waals surface area contributed by atoms with Crippen molar-refractivity contribution in [1.82, 2.24) is 9.55 Å². The molecule has 0 saturated carbocycles. The zero-order chi connectivity index (χ0) is 14.3. The topological polar surface area (TPSA) is 27.1 Å². The quantitative estimate of drug-likeness (QED) is 0.757. The second kappa shape index (κ2) is 5.62. The number of aromatic nitrogens is 2. The Morgan fingerprint density at radius 2 is 2.40 bits per heavy atom. The Balaban J connectivity index is 2.13. The van der Waals surface area contributed by atoms with E-state index in [1.54, 1.807) is 6.07 Å². The minimum absolute atomic E-state index is 0.133. The van der Waals surface area contributed by atoms with Crippen molar-refractivity contribution in [3.8, 4) is 0 Å². The van der Waals surface area contributed by atoms with Crippen molar-refractivity contribution >= 4 is 38.6 Å². The van der Waals surface area contributed by atoms with Gasteiger partial charge in [-0.05, 0) is 41.8 Å². The van der Waals surface area contributed by atoms with Gasteiger partial charge in [0.25, 0.3) is 0 Å². The summed E-state index contributed by atoms with van der Waals surface area (Å²) in [6.07, 6.45) is 2.28. The lowest BCUT2D eigenvalue weighted by Gasteiger charge is -2.22. The van der Waals surface area contributed by atoms with Crippen molar-refractivity contribution in [1.29, 1.82) is 0 Å². The molecule has 2 unspecified atom stereocenters. The van der Waals surface area contributed by atoms with Gasteiger partial charge in [0.05, 0.1) is 33.5 Å². The molecule has 6 heteroatoms. The van der Waals surface area contributed by atoms with Crippen molar-refractivity contribution in [3.63, 3.8) is 0 Å². The first-order valence-corrected chi connectivity index (χ1v) is 7.98. The van der Waals surface area contributed by atoms with Crippen LogP contribution in [-0.4, -0.2) is 22.3 Å². The minimum Gasteiger partial charge on any atom is -0.376 e. The zero-order valence-corrected chi connectivity index (χ0v) is 13.4. The second-order valence-corrected chi connectivity index (χ2v) is 6.20. The van der Waals surface area contributed by atoms with E-state index in [1.807, 2.05) is 0 Å². The summed E-state index contributed by atoms with van der Waals surface area (Å²) in [5.74, 6) is 0.737. The third kappa shape index (κ3) is 2.36. The average molecular weight is 362 g/mol. The van der Waals surface area contributed by atoms with Crippen LogP contribution in [0.2, 0.25) is 0 Å². The second-order valence-electron chi connectivity index (χ2n) is 5.08. The Labute approximate surface area is 130 Å². The smallest absolute Gasteiger partial charge is 0.139 e. The van der Waals surface area contributed by atoms with E-state index in [0.717, 1.165) is 30.8 Å². The first-order chi connectivity index (χ1) is 9.61. The van der Waals surface area contributed by atoms with Gasteiger partial charge in [-0.1, -0.05) is 0 Å².